The summed E-state index contributed by atoms with van der Waals surface area (Å²) < 4.78 is 26.7. The third-order valence-corrected chi connectivity index (χ3v) is 4.61. The van der Waals surface area contributed by atoms with Gasteiger partial charge in [-0.15, -0.1) is 0 Å². The average molecular weight is 409 g/mol. The van der Waals surface area contributed by atoms with Gasteiger partial charge in [-0.3, -0.25) is 5.32 Å². The molecule has 0 fully saturated rings. The quantitative estimate of drug-likeness (QED) is 0.480. The molecule has 1 amide bonds. The summed E-state index contributed by atoms with van der Waals surface area (Å²) in [6.07, 6.45) is -0.672. The average Bonchev–Trinajstić information content (AvgIpc) is 3.14. The molecule has 0 radical (unpaired) electrons. The third-order valence-electron chi connectivity index (χ3n) is 4.61. The molecule has 0 unspecified atom stereocenters. The van der Waals surface area contributed by atoms with E-state index in [1.54, 1.807) is 43.5 Å². The molecular formula is C22H19NO7. The number of carbonyl (C=O) groups excluding carboxylic acids is 1. The van der Waals surface area contributed by atoms with E-state index in [1.807, 2.05) is 6.92 Å². The number of fused-ring (bicyclic) bond motifs is 2. The zero-order valence-corrected chi connectivity index (χ0v) is 16.6. The Hall–Kier alpha value is -3.94. The Labute approximate surface area is 170 Å². The van der Waals surface area contributed by atoms with Crippen molar-refractivity contribution >= 4 is 33.7 Å². The summed E-state index contributed by atoms with van der Waals surface area (Å²) in [5.74, 6) is 1.60. The lowest BCUT2D eigenvalue weighted by molar-refractivity contribution is 0.147. The standard InChI is InChI=1S/C22H19NO7/c1-12-6-20(24)30-18-9-14(4-5-17(12)18)23-22(25)28-11-16-8-13-7-15(26-2)10-19(27-3)21(13)29-16/h4-10H,11H2,1-3H3,(H,23,25). The Balaban J connectivity index is 1.47. The minimum absolute atomic E-state index is 0.0756. The van der Waals surface area contributed by atoms with Gasteiger partial charge in [0.25, 0.3) is 0 Å². The van der Waals surface area contributed by atoms with E-state index in [2.05, 4.69) is 5.32 Å². The number of anilines is 1. The summed E-state index contributed by atoms with van der Waals surface area (Å²) in [6.45, 7) is 1.74. The number of nitrogens with one attached hydrogen (secondary N) is 1. The lowest BCUT2D eigenvalue weighted by atomic mass is 10.1. The van der Waals surface area contributed by atoms with Crippen LogP contribution in [0.25, 0.3) is 21.9 Å². The number of amides is 1. The Morgan fingerprint density at radius 1 is 1.03 bits per heavy atom. The number of hydrogen-bond acceptors (Lipinski definition) is 7. The lowest BCUT2D eigenvalue weighted by Gasteiger charge is -2.07. The zero-order chi connectivity index (χ0) is 21.3. The summed E-state index contributed by atoms with van der Waals surface area (Å²) >= 11 is 0. The number of rotatable bonds is 5. The predicted molar refractivity (Wildman–Crippen MR) is 110 cm³/mol. The van der Waals surface area contributed by atoms with E-state index >= 15 is 0 Å². The second kappa shape index (κ2) is 7.82. The SMILES string of the molecule is COc1cc(OC)c2oc(COC(=O)Nc3ccc4c(C)cc(=O)oc4c3)cc2c1. The molecule has 0 bridgehead atoms. The molecule has 0 aliphatic rings. The van der Waals surface area contributed by atoms with Crippen molar-refractivity contribution in [1.29, 1.82) is 0 Å². The summed E-state index contributed by atoms with van der Waals surface area (Å²) in [7, 11) is 3.10. The molecule has 2 aromatic carbocycles. The monoisotopic (exact) mass is 409 g/mol. The minimum atomic E-state index is -0.672. The molecule has 0 saturated heterocycles. The number of methoxy groups -OCH3 is 2. The molecule has 2 aromatic heterocycles. The van der Waals surface area contributed by atoms with E-state index in [4.69, 9.17) is 23.0 Å². The van der Waals surface area contributed by atoms with Crippen LogP contribution in [0.15, 0.2) is 56.1 Å². The molecule has 2 heterocycles. The fraction of sp³-hybridized carbons (Fsp3) is 0.182. The highest BCUT2D eigenvalue weighted by Gasteiger charge is 2.13. The third kappa shape index (κ3) is 3.80. The number of hydrogen-bond donors (Lipinski definition) is 1. The maximum atomic E-state index is 12.2. The van der Waals surface area contributed by atoms with Crippen LogP contribution in [0.5, 0.6) is 11.5 Å². The Morgan fingerprint density at radius 2 is 1.87 bits per heavy atom. The molecule has 0 atom stereocenters. The van der Waals surface area contributed by atoms with Gasteiger partial charge in [-0.25, -0.2) is 9.59 Å². The Kier molecular flexibility index (Phi) is 5.05. The van der Waals surface area contributed by atoms with Crippen LogP contribution in [-0.4, -0.2) is 20.3 Å². The Morgan fingerprint density at radius 3 is 2.63 bits per heavy atom. The first-order valence-electron chi connectivity index (χ1n) is 9.09. The molecular weight excluding hydrogens is 390 g/mol. The first-order valence-corrected chi connectivity index (χ1v) is 9.09. The van der Waals surface area contributed by atoms with Gasteiger partial charge in [0.1, 0.15) is 17.1 Å². The largest absolute Gasteiger partial charge is 0.497 e. The highest BCUT2D eigenvalue weighted by molar-refractivity contribution is 5.90. The summed E-state index contributed by atoms with van der Waals surface area (Å²) in [6, 6.07) is 11.7. The van der Waals surface area contributed by atoms with Crippen LogP contribution < -0.4 is 20.4 Å². The van der Waals surface area contributed by atoms with Crippen molar-refractivity contribution in [3.05, 3.63) is 64.2 Å². The molecule has 154 valence electrons. The van der Waals surface area contributed by atoms with Crippen LogP contribution in [0.4, 0.5) is 10.5 Å². The van der Waals surface area contributed by atoms with Crippen molar-refractivity contribution in [2.75, 3.05) is 19.5 Å². The van der Waals surface area contributed by atoms with Gasteiger partial charge in [0.2, 0.25) is 0 Å². The minimum Gasteiger partial charge on any atom is -0.497 e. The summed E-state index contributed by atoms with van der Waals surface area (Å²) in [5, 5.41) is 4.17. The molecule has 4 rings (SSSR count). The van der Waals surface area contributed by atoms with Gasteiger partial charge in [-0.05, 0) is 36.8 Å². The van der Waals surface area contributed by atoms with Gasteiger partial charge in [0, 0.05) is 34.7 Å². The molecule has 8 heteroatoms. The van der Waals surface area contributed by atoms with Crippen molar-refractivity contribution in [3.63, 3.8) is 0 Å². The van der Waals surface area contributed by atoms with Crippen LogP contribution in [0.2, 0.25) is 0 Å². The number of carbonyl (C=O) groups is 1. The second-order valence-electron chi connectivity index (χ2n) is 6.62. The summed E-state index contributed by atoms with van der Waals surface area (Å²) in [5.41, 5.74) is 1.72. The normalized spacial score (nSPS) is 10.9. The van der Waals surface area contributed by atoms with Crippen molar-refractivity contribution in [2.45, 2.75) is 13.5 Å². The number of ether oxygens (including phenoxy) is 3. The fourth-order valence-electron chi connectivity index (χ4n) is 3.18. The first-order chi connectivity index (χ1) is 14.5. The molecule has 0 saturated carbocycles. The maximum absolute atomic E-state index is 12.2. The summed E-state index contributed by atoms with van der Waals surface area (Å²) in [4.78, 5) is 23.7. The van der Waals surface area contributed by atoms with E-state index in [9.17, 15) is 9.59 Å². The fourth-order valence-corrected chi connectivity index (χ4v) is 3.18. The highest BCUT2D eigenvalue weighted by atomic mass is 16.6. The maximum Gasteiger partial charge on any atom is 0.412 e. The van der Waals surface area contributed by atoms with Crippen LogP contribution >= 0.6 is 0 Å². The molecule has 0 aliphatic carbocycles. The van der Waals surface area contributed by atoms with Crippen LogP contribution in [0.1, 0.15) is 11.3 Å². The van der Waals surface area contributed by atoms with Gasteiger partial charge in [-0.2, -0.15) is 0 Å². The molecule has 1 N–H and O–H groups in total. The second-order valence-corrected chi connectivity index (χ2v) is 6.62. The molecule has 0 spiro atoms. The predicted octanol–water partition coefficient (Wildman–Crippen LogP) is 4.61. The smallest absolute Gasteiger partial charge is 0.412 e. The van der Waals surface area contributed by atoms with Crippen LogP contribution in [-0.2, 0) is 11.3 Å². The van der Waals surface area contributed by atoms with Gasteiger partial charge < -0.3 is 23.0 Å². The van der Waals surface area contributed by atoms with Gasteiger partial charge in [-0.1, -0.05) is 0 Å². The van der Waals surface area contributed by atoms with E-state index in [0.29, 0.717) is 34.1 Å². The van der Waals surface area contributed by atoms with E-state index in [1.165, 1.54) is 13.2 Å². The number of benzene rings is 2. The topological polar surface area (TPSA) is 100 Å². The lowest BCUT2D eigenvalue weighted by Crippen LogP contribution is -2.13. The van der Waals surface area contributed by atoms with E-state index in [0.717, 1.165) is 16.3 Å². The van der Waals surface area contributed by atoms with Crippen molar-refractivity contribution < 1.29 is 27.8 Å². The highest BCUT2D eigenvalue weighted by Crippen LogP contribution is 2.33. The number of aryl methyl sites for hydroxylation is 1. The number of furan rings is 1. The Bertz CT molecular complexity index is 1300. The van der Waals surface area contributed by atoms with Crippen molar-refractivity contribution in [2.24, 2.45) is 0 Å². The molecule has 30 heavy (non-hydrogen) atoms. The van der Waals surface area contributed by atoms with Gasteiger partial charge in [0.15, 0.2) is 17.9 Å². The van der Waals surface area contributed by atoms with Crippen molar-refractivity contribution in [1.82, 2.24) is 0 Å². The molecule has 0 aliphatic heterocycles. The first kappa shape index (κ1) is 19.4. The van der Waals surface area contributed by atoms with E-state index in [-0.39, 0.29) is 6.61 Å². The van der Waals surface area contributed by atoms with Crippen LogP contribution in [0.3, 0.4) is 0 Å². The van der Waals surface area contributed by atoms with Crippen LogP contribution in [0, 0.1) is 6.92 Å². The zero-order valence-electron chi connectivity index (χ0n) is 16.6. The van der Waals surface area contributed by atoms with E-state index < -0.39 is 11.7 Å². The van der Waals surface area contributed by atoms with Gasteiger partial charge in [0.05, 0.1) is 14.2 Å². The van der Waals surface area contributed by atoms with Crippen molar-refractivity contribution in [3.8, 4) is 11.5 Å². The molecule has 8 nitrogen and oxygen atoms in total. The van der Waals surface area contributed by atoms with Gasteiger partial charge >= 0.3 is 11.7 Å². The molecule has 4 aromatic rings.